The van der Waals surface area contributed by atoms with E-state index in [0.29, 0.717) is 0 Å². The van der Waals surface area contributed by atoms with E-state index in [4.69, 9.17) is 22.5 Å². The molecule has 0 radical (unpaired) electrons. The maximum atomic E-state index is 10.9. The zero-order valence-electron chi connectivity index (χ0n) is 5.73. The van der Waals surface area contributed by atoms with Crippen molar-refractivity contribution in [2.45, 2.75) is 11.8 Å². The van der Waals surface area contributed by atoms with Crippen LogP contribution in [0.25, 0.3) is 0 Å². The number of rotatable bonds is 3. The third-order valence-electron chi connectivity index (χ3n) is 0.983. The lowest BCUT2D eigenvalue weighted by Gasteiger charge is -2.05. The number of halogens is 4. The van der Waals surface area contributed by atoms with Gasteiger partial charge in [-0.3, -0.25) is 4.57 Å². The Balaban J connectivity index is 4.34. The molecule has 1 nitrogen and oxygen atoms in total. The molecule has 1 unspecified atom stereocenters. The molecule has 0 aromatic rings. The monoisotopic (exact) mass is 342 g/mol. The summed E-state index contributed by atoms with van der Waals surface area (Å²) in [4.78, 5) is 0.133. The van der Waals surface area contributed by atoms with Crippen LogP contribution in [0, 0.1) is 0 Å². The van der Waals surface area contributed by atoms with E-state index in [9.17, 15) is 4.57 Å². The Bertz CT molecular complexity index is 201. The highest BCUT2D eigenvalue weighted by atomic mass is 79.9. The average molecular weight is 345 g/mol. The maximum Gasteiger partial charge on any atom is 0.274 e. The van der Waals surface area contributed by atoms with Crippen LogP contribution < -0.4 is 0 Å². The molecule has 0 aromatic carbocycles. The predicted octanol–water partition coefficient (Wildman–Crippen LogP) is 4.72. The van der Waals surface area contributed by atoms with E-state index in [1.54, 1.807) is 0 Å². The quantitative estimate of drug-likeness (QED) is 0.535. The van der Waals surface area contributed by atoms with Crippen molar-refractivity contribution in [2.75, 3.05) is 5.33 Å². The van der Waals surface area contributed by atoms with E-state index in [0.717, 1.165) is 10.9 Å². The van der Waals surface area contributed by atoms with Crippen LogP contribution in [0.3, 0.4) is 0 Å². The molecule has 0 saturated carbocycles. The predicted molar refractivity (Wildman–Crippen MR) is 59.6 cm³/mol. The van der Waals surface area contributed by atoms with Crippen LogP contribution in [0.4, 0.5) is 0 Å². The third-order valence-corrected chi connectivity index (χ3v) is 4.84. The summed E-state index contributed by atoms with van der Waals surface area (Å²) < 4.78 is 10.9. The molecule has 6 heteroatoms. The van der Waals surface area contributed by atoms with Gasteiger partial charge in [0, 0.05) is 16.0 Å². The zero-order chi connectivity index (χ0) is 9.07. The highest BCUT2D eigenvalue weighted by Gasteiger charge is 2.12. The van der Waals surface area contributed by atoms with Gasteiger partial charge < -0.3 is 0 Å². The van der Waals surface area contributed by atoms with Gasteiger partial charge >= 0.3 is 0 Å². The van der Waals surface area contributed by atoms with E-state index < -0.39 is 5.85 Å². The van der Waals surface area contributed by atoms with Gasteiger partial charge in [-0.1, -0.05) is 37.4 Å². The summed E-state index contributed by atoms with van der Waals surface area (Å²) in [5.74, 6) is -1.67. The van der Waals surface area contributed by atoms with Crippen molar-refractivity contribution in [2.24, 2.45) is 0 Å². The summed E-state index contributed by atoms with van der Waals surface area (Å²) in [6.07, 6.45) is 0. The highest BCUT2D eigenvalue weighted by molar-refractivity contribution is 9.12. The molecule has 0 saturated heterocycles. The van der Waals surface area contributed by atoms with E-state index in [2.05, 4.69) is 31.9 Å². The molecular weight excluding hydrogens is 338 g/mol. The topological polar surface area (TPSA) is 17.1 Å². The van der Waals surface area contributed by atoms with Crippen LogP contribution in [0.5, 0.6) is 0 Å². The lowest BCUT2D eigenvalue weighted by molar-refractivity contribution is 0.597. The van der Waals surface area contributed by atoms with Crippen LogP contribution >= 0.6 is 60.2 Å². The van der Waals surface area contributed by atoms with Crippen molar-refractivity contribution < 1.29 is 4.57 Å². The Hall–Kier alpha value is 1.51. The van der Waals surface area contributed by atoms with Gasteiger partial charge in [-0.15, -0.1) is 0 Å². The summed E-state index contributed by atoms with van der Waals surface area (Å²) >= 11 is 17.3. The van der Waals surface area contributed by atoms with E-state index in [1.807, 2.05) is 6.92 Å². The Morgan fingerprint density at radius 2 is 2.18 bits per heavy atom. The van der Waals surface area contributed by atoms with Crippen molar-refractivity contribution >= 4 is 60.2 Å². The fraction of sp³-hybridized carbons (Fsp3) is 0.600. The van der Waals surface area contributed by atoms with Crippen molar-refractivity contribution in [1.82, 2.24) is 0 Å². The lowest BCUT2D eigenvalue weighted by Crippen LogP contribution is -1.99. The first-order valence-corrected chi connectivity index (χ1v) is 8.37. The number of alkyl halides is 2. The van der Waals surface area contributed by atoms with Gasteiger partial charge in [0.15, 0.2) is 0 Å². The van der Waals surface area contributed by atoms with Gasteiger partial charge in [-0.05, 0) is 29.4 Å². The molecule has 0 fully saturated rings. The summed E-state index contributed by atoms with van der Waals surface area (Å²) in [6.45, 7) is 1.82. The van der Waals surface area contributed by atoms with Crippen LogP contribution in [0.15, 0.2) is 11.4 Å². The minimum Gasteiger partial charge on any atom is -0.285 e. The Labute approximate surface area is 92.7 Å². The lowest BCUT2D eigenvalue weighted by atomic mass is 10.3. The minimum atomic E-state index is -3.06. The first kappa shape index (κ1) is 12.5. The van der Waals surface area contributed by atoms with Crippen molar-refractivity contribution in [3.8, 4) is 0 Å². The fourth-order valence-electron chi connectivity index (χ4n) is 0.440. The summed E-state index contributed by atoms with van der Waals surface area (Å²) in [7, 11) is 0. The molecule has 0 aliphatic rings. The Kier molecular flexibility index (Phi) is 6.01. The molecule has 0 spiro atoms. The molecule has 0 aromatic heterocycles. The van der Waals surface area contributed by atoms with Crippen LogP contribution in [0.2, 0.25) is 0 Å². The fourth-order valence-corrected chi connectivity index (χ4v) is 2.86. The minimum absolute atomic E-state index is 0.133. The van der Waals surface area contributed by atoms with Crippen LogP contribution in [-0.2, 0) is 4.57 Å². The molecule has 0 aliphatic carbocycles. The molecule has 0 amide bonds. The normalized spacial score (nSPS) is 16.6. The first-order valence-electron chi connectivity index (χ1n) is 2.75. The second-order valence-corrected chi connectivity index (χ2v) is 8.55. The van der Waals surface area contributed by atoms with Crippen LogP contribution in [-0.4, -0.2) is 10.2 Å². The van der Waals surface area contributed by atoms with E-state index in [1.165, 1.54) is 5.82 Å². The molecule has 0 rings (SSSR count). The Morgan fingerprint density at radius 1 is 1.73 bits per heavy atom. The largest absolute Gasteiger partial charge is 0.285 e. The van der Waals surface area contributed by atoms with Crippen molar-refractivity contribution in [3.63, 3.8) is 0 Å². The second kappa shape index (κ2) is 5.29. The molecule has 0 aliphatic heterocycles. The summed E-state index contributed by atoms with van der Waals surface area (Å²) in [6, 6.07) is 0. The van der Waals surface area contributed by atoms with Crippen LogP contribution in [0.1, 0.15) is 6.92 Å². The highest BCUT2D eigenvalue weighted by Crippen LogP contribution is 2.59. The zero-order valence-corrected chi connectivity index (χ0v) is 11.3. The molecule has 11 heavy (non-hydrogen) atoms. The third kappa shape index (κ3) is 6.65. The molecule has 0 N–H and O–H groups in total. The van der Waals surface area contributed by atoms with Crippen molar-refractivity contribution in [1.29, 1.82) is 0 Å². The Morgan fingerprint density at radius 3 is 2.45 bits per heavy atom. The van der Waals surface area contributed by atoms with Gasteiger partial charge in [0.25, 0.3) is 5.85 Å². The molecule has 66 valence electrons. The van der Waals surface area contributed by atoms with Gasteiger partial charge in [0.2, 0.25) is 0 Å². The number of hydrogen-bond acceptors (Lipinski definition) is 1. The molecular formula is C5H7Br2Cl2OP. The smallest absolute Gasteiger partial charge is 0.274 e. The molecule has 1 atom stereocenters. The van der Waals surface area contributed by atoms with E-state index in [-0.39, 0.29) is 4.83 Å². The van der Waals surface area contributed by atoms with Gasteiger partial charge in [0.1, 0.15) is 0 Å². The number of allylic oxidation sites excluding steroid dienone is 1. The second-order valence-electron chi connectivity index (χ2n) is 2.00. The van der Waals surface area contributed by atoms with Gasteiger partial charge in [-0.25, -0.2) is 0 Å². The number of hydrogen-bond donors (Lipinski definition) is 0. The average Bonchev–Trinajstić information content (AvgIpc) is 1.82. The maximum absolute atomic E-state index is 10.9. The van der Waals surface area contributed by atoms with Crippen molar-refractivity contribution in [3.05, 3.63) is 11.4 Å². The van der Waals surface area contributed by atoms with Gasteiger partial charge in [-0.2, -0.15) is 0 Å². The molecule has 0 bridgehead atoms. The van der Waals surface area contributed by atoms with Gasteiger partial charge in [0.05, 0.1) is 0 Å². The standard InChI is InChI=1S/C5H7Br2Cl2OP/c1-4(5(7)2-6)3-11(8,9)10/h3,5H,2H2,1H3/b4-3+. The molecule has 0 heterocycles. The summed E-state index contributed by atoms with van der Waals surface area (Å²) in [5, 5.41) is 0.739. The SMILES string of the molecule is C/C(=C\P(=O)(Cl)Cl)C(Br)CBr. The summed E-state index contributed by atoms with van der Waals surface area (Å²) in [5.41, 5.74) is 0.871. The van der Waals surface area contributed by atoms with E-state index >= 15 is 0 Å². The first-order chi connectivity index (χ1) is 4.87.